The summed E-state index contributed by atoms with van der Waals surface area (Å²) in [5, 5.41) is 0.210. The summed E-state index contributed by atoms with van der Waals surface area (Å²) in [7, 11) is 0. The molecule has 1 amide bonds. The molecule has 6 heteroatoms. The van der Waals surface area contributed by atoms with Gasteiger partial charge in [-0.15, -0.1) is 23.5 Å². The van der Waals surface area contributed by atoms with Crippen LogP contribution in [0.5, 0.6) is 0 Å². The molecule has 2 heterocycles. The number of ether oxygens (including phenoxy) is 2. The molecule has 0 aliphatic carbocycles. The van der Waals surface area contributed by atoms with Gasteiger partial charge in [-0.25, -0.2) is 0 Å². The Morgan fingerprint density at radius 2 is 1.91 bits per heavy atom. The highest BCUT2D eigenvalue weighted by atomic mass is 32.2. The third-order valence-electron chi connectivity index (χ3n) is 4.18. The van der Waals surface area contributed by atoms with Gasteiger partial charge in [-0.2, -0.15) is 0 Å². The van der Waals surface area contributed by atoms with Crippen LogP contribution in [0.4, 0.5) is 0 Å². The lowest BCUT2D eigenvalue weighted by Gasteiger charge is -2.43. The van der Waals surface area contributed by atoms with Crippen LogP contribution in [0.3, 0.4) is 0 Å². The molecule has 0 radical (unpaired) electrons. The van der Waals surface area contributed by atoms with Crippen LogP contribution in [0.15, 0.2) is 30.3 Å². The number of thioether (sulfide) groups is 2. The molecule has 1 unspecified atom stereocenters. The fourth-order valence-electron chi connectivity index (χ4n) is 3.11. The van der Waals surface area contributed by atoms with Gasteiger partial charge in [-0.3, -0.25) is 4.79 Å². The molecule has 2 aliphatic heterocycles. The first-order valence-electron chi connectivity index (χ1n) is 7.46. The van der Waals surface area contributed by atoms with Crippen LogP contribution in [-0.2, 0) is 14.3 Å². The predicted molar refractivity (Wildman–Crippen MR) is 90.6 cm³/mol. The number of rotatable bonds is 4. The minimum absolute atomic E-state index is 0.0389. The van der Waals surface area contributed by atoms with Crippen LogP contribution in [0.2, 0.25) is 0 Å². The topological polar surface area (TPSA) is 61.6 Å². The first-order valence-corrected chi connectivity index (χ1v) is 9.33. The second kappa shape index (κ2) is 6.07. The standard InChI is InChI=1S/C16H21NO3S2/c1-11(2)15(19-8-9-20-15)16(14(17)18)21-10-13(22-16)12-6-4-3-5-7-12/h3-7,11,13H,8-10H2,1-2H3,(H2,17,18)/t13?,16-/m0/s1. The Morgan fingerprint density at radius 1 is 1.27 bits per heavy atom. The van der Waals surface area contributed by atoms with Crippen molar-refractivity contribution in [1.29, 1.82) is 0 Å². The highest BCUT2D eigenvalue weighted by molar-refractivity contribution is 8.22. The molecular weight excluding hydrogens is 318 g/mol. The molecule has 0 aromatic heterocycles. The van der Waals surface area contributed by atoms with E-state index in [1.54, 1.807) is 23.5 Å². The van der Waals surface area contributed by atoms with Gasteiger partial charge >= 0.3 is 0 Å². The zero-order chi connectivity index (χ0) is 15.8. The molecule has 2 fully saturated rings. The van der Waals surface area contributed by atoms with Gasteiger partial charge in [-0.1, -0.05) is 44.2 Å². The van der Waals surface area contributed by atoms with E-state index >= 15 is 0 Å². The Hall–Kier alpha value is -0.690. The van der Waals surface area contributed by atoms with Gasteiger partial charge in [0.2, 0.25) is 11.7 Å². The lowest BCUT2D eigenvalue weighted by atomic mass is 9.98. The van der Waals surface area contributed by atoms with E-state index < -0.39 is 9.87 Å². The lowest BCUT2D eigenvalue weighted by molar-refractivity contribution is -0.195. The molecule has 1 aromatic carbocycles. The maximum atomic E-state index is 12.4. The molecule has 0 saturated carbocycles. The van der Waals surface area contributed by atoms with Crippen LogP contribution in [0, 0.1) is 5.92 Å². The molecule has 22 heavy (non-hydrogen) atoms. The summed E-state index contributed by atoms with van der Waals surface area (Å²) in [4.78, 5) is 12.4. The van der Waals surface area contributed by atoms with Gasteiger partial charge in [0.05, 0.1) is 13.2 Å². The van der Waals surface area contributed by atoms with Gasteiger partial charge in [0.25, 0.3) is 0 Å². The van der Waals surface area contributed by atoms with Crippen molar-refractivity contribution in [2.75, 3.05) is 19.0 Å². The summed E-state index contributed by atoms with van der Waals surface area (Å²) in [6.45, 7) is 5.05. The number of benzene rings is 1. The zero-order valence-electron chi connectivity index (χ0n) is 12.8. The maximum absolute atomic E-state index is 12.4. The van der Waals surface area contributed by atoms with E-state index in [2.05, 4.69) is 12.1 Å². The number of carbonyl (C=O) groups is 1. The number of nitrogens with two attached hydrogens (primary N) is 1. The number of primary amides is 1. The predicted octanol–water partition coefficient (Wildman–Crippen LogP) is 2.79. The monoisotopic (exact) mass is 339 g/mol. The second-order valence-electron chi connectivity index (χ2n) is 5.83. The smallest absolute Gasteiger partial charge is 0.249 e. The average molecular weight is 339 g/mol. The highest BCUT2D eigenvalue weighted by Gasteiger charge is 2.65. The summed E-state index contributed by atoms with van der Waals surface area (Å²) in [6.07, 6.45) is 0. The summed E-state index contributed by atoms with van der Waals surface area (Å²) in [6, 6.07) is 10.2. The van der Waals surface area contributed by atoms with Crippen LogP contribution in [0.1, 0.15) is 24.7 Å². The Morgan fingerprint density at radius 3 is 2.45 bits per heavy atom. The van der Waals surface area contributed by atoms with Crippen LogP contribution < -0.4 is 5.73 Å². The normalized spacial score (nSPS) is 30.8. The van der Waals surface area contributed by atoms with Gasteiger partial charge in [0.15, 0.2) is 4.08 Å². The molecule has 120 valence electrons. The fourth-order valence-corrected chi connectivity index (χ4v) is 7.01. The van der Waals surface area contributed by atoms with Crippen molar-refractivity contribution in [3.05, 3.63) is 35.9 Å². The van der Waals surface area contributed by atoms with E-state index in [1.807, 2.05) is 32.0 Å². The highest BCUT2D eigenvalue weighted by Crippen LogP contribution is 2.62. The molecule has 0 bridgehead atoms. The molecule has 2 saturated heterocycles. The number of carbonyl (C=O) groups excluding carboxylic acids is 1. The third-order valence-corrected chi connectivity index (χ3v) is 7.96. The maximum Gasteiger partial charge on any atom is 0.249 e. The second-order valence-corrected chi connectivity index (χ2v) is 8.74. The zero-order valence-corrected chi connectivity index (χ0v) is 14.4. The van der Waals surface area contributed by atoms with Crippen LogP contribution >= 0.6 is 23.5 Å². The van der Waals surface area contributed by atoms with E-state index in [0.717, 1.165) is 5.75 Å². The molecule has 3 rings (SSSR count). The summed E-state index contributed by atoms with van der Waals surface area (Å²) >= 11 is 3.15. The van der Waals surface area contributed by atoms with E-state index in [1.165, 1.54) is 5.56 Å². The molecule has 0 spiro atoms. The minimum Gasteiger partial charge on any atom is -0.368 e. The number of hydrogen-bond acceptors (Lipinski definition) is 5. The minimum atomic E-state index is -0.947. The summed E-state index contributed by atoms with van der Waals surface area (Å²) in [5.74, 6) is -0.454. The fraction of sp³-hybridized carbons (Fsp3) is 0.562. The molecule has 2 aliphatic rings. The van der Waals surface area contributed by atoms with Crippen molar-refractivity contribution in [1.82, 2.24) is 0 Å². The lowest BCUT2D eigenvalue weighted by Crippen LogP contribution is -2.60. The van der Waals surface area contributed by atoms with Crippen molar-refractivity contribution < 1.29 is 14.3 Å². The van der Waals surface area contributed by atoms with Gasteiger partial charge in [0, 0.05) is 16.9 Å². The van der Waals surface area contributed by atoms with Crippen molar-refractivity contribution in [3.8, 4) is 0 Å². The van der Waals surface area contributed by atoms with E-state index in [-0.39, 0.29) is 17.1 Å². The van der Waals surface area contributed by atoms with Gasteiger partial charge < -0.3 is 15.2 Å². The summed E-state index contributed by atoms with van der Waals surface area (Å²) < 4.78 is 11.0. The van der Waals surface area contributed by atoms with E-state index in [9.17, 15) is 4.79 Å². The van der Waals surface area contributed by atoms with Crippen molar-refractivity contribution in [3.63, 3.8) is 0 Å². The Kier molecular flexibility index (Phi) is 4.47. The average Bonchev–Trinajstić information content (AvgIpc) is 3.17. The van der Waals surface area contributed by atoms with E-state index in [0.29, 0.717) is 13.2 Å². The first-order chi connectivity index (χ1) is 10.5. The quantitative estimate of drug-likeness (QED) is 0.914. The first kappa shape index (κ1) is 16.2. The van der Waals surface area contributed by atoms with Crippen molar-refractivity contribution >= 4 is 29.4 Å². The third kappa shape index (κ3) is 2.37. The van der Waals surface area contributed by atoms with Crippen LogP contribution in [0.25, 0.3) is 0 Å². The molecule has 2 atom stereocenters. The largest absolute Gasteiger partial charge is 0.368 e. The van der Waals surface area contributed by atoms with Crippen LogP contribution in [-0.4, -0.2) is 34.7 Å². The Labute approximate surface area is 139 Å². The van der Waals surface area contributed by atoms with Gasteiger partial charge in [0.1, 0.15) is 0 Å². The Balaban J connectivity index is 1.96. The molecule has 4 nitrogen and oxygen atoms in total. The van der Waals surface area contributed by atoms with Crippen molar-refractivity contribution in [2.24, 2.45) is 11.7 Å². The number of amides is 1. The SMILES string of the molecule is CC(C)C1([C@@]2(C(N)=O)SCC(c3ccccc3)S2)OCCO1. The van der Waals surface area contributed by atoms with E-state index in [4.69, 9.17) is 15.2 Å². The van der Waals surface area contributed by atoms with Crippen molar-refractivity contribution in [2.45, 2.75) is 29.0 Å². The molecule has 1 aromatic rings. The molecule has 2 N–H and O–H groups in total. The Bertz CT molecular complexity index is 546. The molecular formula is C16H21NO3S2. The number of hydrogen-bond donors (Lipinski definition) is 1. The summed E-state index contributed by atoms with van der Waals surface area (Å²) in [5.41, 5.74) is 7.04. The van der Waals surface area contributed by atoms with Gasteiger partial charge in [-0.05, 0) is 5.56 Å².